The third-order valence-corrected chi connectivity index (χ3v) is 7.12. The number of nitrogens with zero attached hydrogens (tertiary/aromatic N) is 1. The molecule has 1 aliphatic heterocycles. The summed E-state index contributed by atoms with van der Waals surface area (Å²) in [6.45, 7) is 3.95. The molecule has 2 fully saturated rings. The number of carbonyl (C=O) groups is 1. The molecule has 1 aromatic carbocycles. The lowest BCUT2D eigenvalue weighted by molar-refractivity contribution is -0.123. The lowest BCUT2D eigenvalue weighted by Crippen LogP contribution is -2.45. The fourth-order valence-corrected chi connectivity index (χ4v) is 5.04. The average Bonchev–Trinajstić information content (AvgIpc) is 3.10. The predicted octanol–water partition coefficient (Wildman–Crippen LogP) is 0.980. The summed E-state index contributed by atoms with van der Waals surface area (Å²) in [5.41, 5.74) is 1.01. The largest absolute Gasteiger partial charge is 0.336 e. The third kappa shape index (κ3) is 3.04. The van der Waals surface area contributed by atoms with Crippen LogP contribution in [0.5, 0.6) is 0 Å². The van der Waals surface area contributed by atoms with Gasteiger partial charge in [-0.05, 0) is 44.7 Å². The molecule has 1 saturated heterocycles. The second-order valence-corrected chi connectivity index (χ2v) is 9.01. The molecule has 0 bridgehead atoms. The Bertz CT molecular complexity index is 822. The van der Waals surface area contributed by atoms with E-state index < -0.39 is 26.7 Å². The van der Waals surface area contributed by atoms with Gasteiger partial charge in [0.25, 0.3) is 0 Å². The SMILES string of the molecule is Cc1ccc(S(=O)(=O)[C@H]2CN[C@H](C(=O)NC3(C#N)CC3)C2)c(C)c1. The van der Waals surface area contributed by atoms with Crippen molar-refractivity contribution in [2.75, 3.05) is 6.54 Å². The van der Waals surface area contributed by atoms with Crippen LogP contribution in [0, 0.1) is 25.2 Å². The number of nitrogens with one attached hydrogen (secondary N) is 2. The van der Waals surface area contributed by atoms with Crippen LogP contribution in [0.15, 0.2) is 23.1 Å². The molecule has 0 unspecified atom stereocenters. The molecule has 0 radical (unpaired) electrons. The summed E-state index contributed by atoms with van der Waals surface area (Å²) < 4.78 is 25.7. The maximum atomic E-state index is 12.9. The monoisotopic (exact) mass is 347 g/mol. The molecule has 1 saturated carbocycles. The molecule has 0 spiro atoms. The van der Waals surface area contributed by atoms with Crippen LogP contribution in [0.4, 0.5) is 0 Å². The van der Waals surface area contributed by atoms with E-state index in [1.165, 1.54) is 0 Å². The molecule has 128 valence electrons. The summed E-state index contributed by atoms with van der Waals surface area (Å²) in [7, 11) is -3.49. The Labute approximate surface area is 142 Å². The zero-order valence-electron chi connectivity index (χ0n) is 13.8. The molecule has 2 N–H and O–H groups in total. The number of amides is 1. The number of benzene rings is 1. The van der Waals surface area contributed by atoms with Crippen molar-refractivity contribution in [2.24, 2.45) is 0 Å². The van der Waals surface area contributed by atoms with Gasteiger partial charge < -0.3 is 10.6 Å². The van der Waals surface area contributed by atoms with Gasteiger partial charge in [-0.1, -0.05) is 17.7 Å². The van der Waals surface area contributed by atoms with E-state index in [-0.39, 0.29) is 18.9 Å². The highest BCUT2D eigenvalue weighted by atomic mass is 32.2. The van der Waals surface area contributed by atoms with Crippen molar-refractivity contribution >= 4 is 15.7 Å². The fourth-order valence-electron chi connectivity index (χ4n) is 3.15. The van der Waals surface area contributed by atoms with E-state index in [1.807, 2.05) is 13.0 Å². The number of hydrogen-bond donors (Lipinski definition) is 2. The van der Waals surface area contributed by atoms with Crippen LogP contribution in [0.3, 0.4) is 0 Å². The van der Waals surface area contributed by atoms with Crippen molar-refractivity contribution in [1.82, 2.24) is 10.6 Å². The second kappa shape index (κ2) is 5.87. The molecular formula is C17H21N3O3S. The van der Waals surface area contributed by atoms with Crippen LogP contribution in [0.25, 0.3) is 0 Å². The van der Waals surface area contributed by atoms with Gasteiger partial charge in [0.1, 0.15) is 5.54 Å². The molecule has 2 aliphatic rings. The van der Waals surface area contributed by atoms with Crippen LogP contribution in [-0.2, 0) is 14.6 Å². The highest BCUT2D eigenvalue weighted by Crippen LogP contribution is 2.34. The molecule has 2 atom stereocenters. The second-order valence-electron chi connectivity index (χ2n) is 6.82. The molecule has 0 aromatic heterocycles. The van der Waals surface area contributed by atoms with Gasteiger partial charge in [0, 0.05) is 6.54 Å². The predicted molar refractivity (Wildman–Crippen MR) is 89.0 cm³/mol. The Hall–Kier alpha value is -1.91. The number of nitriles is 1. The average molecular weight is 347 g/mol. The van der Waals surface area contributed by atoms with Gasteiger partial charge in [-0.15, -0.1) is 0 Å². The summed E-state index contributed by atoms with van der Waals surface area (Å²) in [4.78, 5) is 12.6. The van der Waals surface area contributed by atoms with Gasteiger partial charge >= 0.3 is 0 Å². The minimum absolute atomic E-state index is 0.225. The summed E-state index contributed by atoms with van der Waals surface area (Å²) >= 11 is 0. The number of rotatable bonds is 4. The quantitative estimate of drug-likeness (QED) is 0.846. The lowest BCUT2D eigenvalue weighted by Gasteiger charge is -2.15. The van der Waals surface area contributed by atoms with Crippen molar-refractivity contribution in [1.29, 1.82) is 5.26 Å². The van der Waals surface area contributed by atoms with Crippen molar-refractivity contribution in [3.63, 3.8) is 0 Å². The first-order chi connectivity index (χ1) is 11.3. The lowest BCUT2D eigenvalue weighted by atomic mass is 10.2. The number of aryl methyl sites for hydroxylation is 2. The first-order valence-electron chi connectivity index (χ1n) is 8.05. The molecule has 7 heteroatoms. The van der Waals surface area contributed by atoms with E-state index in [2.05, 4.69) is 16.7 Å². The van der Waals surface area contributed by atoms with Crippen molar-refractivity contribution in [3.8, 4) is 6.07 Å². The highest BCUT2D eigenvalue weighted by molar-refractivity contribution is 7.92. The Kier molecular flexibility index (Phi) is 4.14. The fraction of sp³-hybridized carbons (Fsp3) is 0.529. The molecule has 24 heavy (non-hydrogen) atoms. The minimum Gasteiger partial charge on any atom is -0.336 e. The maximum absolute atomic E-state index is 12.9. The normalized spacial score (nSPS) is 25.0. The van der Waals surface area contributed by atoms with E-state index in [0.717, 1.165) is 11.1 Å². The number of carbonyl (C=O) groups excluding carboxylic acids is 1. The topological polar surface area (TPSA) is 99.1 Å². The smallest absolute Gasteiger partial charge is 0.238 e. The van der Waals surface area contributed by atoms with Crippen LogP contribution < -0.4 is 10.6 Å². The summed E-state index contributed by atoms with van der Waals surface area (Å²) in [6.07, 6.45) is 1.54. The zero-order chi connectivity index (χ0) is 17.5. The third-order valence-electron chi connectivity index (χ3n) is 4.81. The summed E-state index contributed by atoms with van der Waals surface area (Å²) in [5, 5.41) is 14.1. The van der Waals surface area contributed by atoms with Gasteiger partial charge in [-0.3, -0.25) is 4.79 Å². The van der Waals surface area contributed by atoms with Crippen molar-refractivity contribution < 1.29 is 13.2 Å². The molecule has 1 aliphatic carbocycles. The van der Waals surface area contributed by atoms with E-state index in [4.69, 9.17) is 5.26 Å². The van der Waals surface area contributed by atoms with Gasteiger partial charge in [0.15, 0.2) is 9.84 Å². The molecule has 1 heterocycles. The Balaban J connectivity index is 1.73. The Morgan fingerprint density at radius 3 is 2.67 bits per heavy atom. The number of sulfone groups is 1. The van der Waals surface area contributed by atoms with Gasteiger partial charge in [0.2, 0.25) is 5.91 Å². The van der Waals surface area contributed by atoms with E-state index in [1.54, 1.807) is 19.1 Å². The molecule has 6 nitrogen and oxygen atoms in total. The summed E-state index contributed by atoms with van der Waals surface area (Å²) in [6, 6.07) is 6.82. The van der Waals surface area contributed by atoms with Crippen LogP contribution >= 0.6 is 0 Å². The van der Waals surface area contributed by atoms with Gasteiger partial charge in [-0.25, -0.2) is 8.42 Å². The van der Waals surface area contributed by atoms with Crippen molar-refractivity contribution in [2.45, 2.75) is 54.8 Å². The Morgan fingerprint density at radius 1 is 1.38 bits per heavy atom. The van der Waals surface area contributed by atoms with Gasteiger partial charge in [-0.2, -0.15) is 5.26 Å². The first-order valence-corrected chi connectivity index (χ1v) is 9.60. The molecular weight excluding hydrogens is 326 g/mol. The van der Waals surface area contributed by atoms with Gasteiger partial charge in [0.05, 0.1) is 22.3 Å². The van der Waals surface area contributed by atoms with Crippen LogP contribution in [-0.4, -0.2) is 37.7 Å². The molecule has 1 aromatic rings. The molecule has 3 rings (SSSR count). The van der Waals surface area contributed by atoms with E-state index >= 15 is 0 Å². The highest BCUT2D eigenvalue weighted by Gasteiger charge is 2.47. The number of hydrogen-bond acceptors (Lipinski definition) is 5. The first kappa shape index (κ1) is 16.9. The molecule has 1 amide bonds. The minimum atomic E-state index is -3.49. The zero-order valence-corrected chi connectivity index (χ0v) is 14.6. The van der Waals surface area contributed by atoms with E-state index in [9.17, 15) is 13.2 Å². The maximum Gasteiger partial charge on any atom is 0.238 e. The van der Waals surface area contributed by atoms with Crippen molar-refractivity contribution in [3.05, 3.63) is 29.3 Å². The Morgan fingerprint density at radius 2 is 2.08 bits per heavy atom. The summed E-state index contributed by atoms with van der Waals surface area (Å²) in [5.74, 6) is -0.285. The standard InChI is InChI=1S/C17H21N3O3S/c1-11-3-4-15(12(2)7-11)24(22,23)13-8-14(19-9-13)16(21)20-17(10-18)5-6-17/h3-4,7,13-14,19H,5-6,8-9H2,1-2H3,(H,20,21)/t13-,14+/m1/s1. The van der Waals surface area contributed by atoms with Crippen LogP contribution in [0.1, 0.15) is 30.4 Å². The van der Waals surface area contributed by atoms with E-state index in [0.29, 0.717) is 17.7 Å². The van der Waals surface area contributed by atoms with Crippen LogP contribution in [0.2, 0.25) is 0 Å².